The van der Waals surface area contributed by atoms with Crippen LogP contribution in [-0.4, -0.2) is 20.9 Å². The minimum atomic E-state index is -1.04. The molecule has 4 nitrogen and oxygen atoms in total. The first-order valence-electron chi connectivity index (χ1n) is 11.5. The zero-order chi connectivity index (χ0) is 24.5. The number of hydrogen-bond donors (Lipinski definition) is 3. The summed E-state index contributed by atoms with van der Waals surface area (Å²) in [4.78, 5) is 12.1. The molecule has 1 aliphatic rings. The van der Waals surface area contributed by atoms with Gasteiger partial charge in [-0.1, -0.05) is 84.2 Å². The Morgan fingerprint density at radius 3 is 1.61 bits per heavy atom. The minimum absolute atomic E-state index is 0.0146. The quantitative estimate of drug-likeness (QED) is 0.223. The molecule has 36 heavy (non-hydrogen) atoms. The molecule has 0 radical (unpaired) electrons. The SMILES string of the molecule is Oc1[nH]c(-c2ccc(Sc3ccccc3)cc2)c2c1C(c1ccc(Sc3ccccc3)cc1)=NC2O. The summed E-state index contributed by atoms with van der Waals surface area (Å²) in [5.74, 6) is 0.0146. The van der Waals surface area contributed by atoms with Crippen LogP contribution in [-0.2, 0) is 0 Å². The first-order chi connectivity index (χ1) is 17.7. The lowest BCUT2D eigenvalue weighted by molar-refractivity contribution is 0.193. The Morgan fingerprint density at radius 1 is 0.611 bits per heavy atom. The minimum Gasteiger partial charge on any atom is -0.494 e. The van der Waals surface area contributed by atoms with Crippen molar-refractivity contribution in [3.05, 3.63) is 126 Å². The summed E-state index contributed by atoms with van der Waals surface area (Å²) >= 11 is 3.37. The third-order valence-electron chi connectivity index (χ3n) is 5.99. The summed E-state index contributed by atoms with van der Waals surface area (Å²) in [5.41, 5.74) is 4.17. The van der Waals surface area contributed by atoms with Crippen LogP contribution in [0.1, 0.15) is 22.9 Å². The second kappa shape index (κ2) is 9.74. The van der Waals surface area contributed by atoms with Crippen LogP contribution < -0.4 is 0 Å². The molecule has 2 heterocycles. The zero-order valence-corrected chi connectivity index (χ0v) is 20.8. The molecule has 0 fully saturated rings. The van der Waals surface area contributed by atoms with E-state index < -0.39 is 6.23 Å². The molecule has 0 saturated carbocycles. The van der Waals surface area contributed by atoms with Crippen LogP contribution >= 0.6 is 23.5 Å². The first kappa shape index (κ1) is 22.7. The molecule has 0 bridgehead atoms. The summed E-state index contributed by atoms with van der Waals surface area (Å²) in [6, 6.07) is 36.5. The largest absolute Gasteiger partial charge is 0.494 e. The number of aliphatic hydroxyl groups is 1. The fraction of sp³-hybridized carbons (Fsp3) is 0.0333. The number of nitrogens with zero attached hydrogens (tertiary/aromatic N) is 1. The topological polar surface area (TPSA) is 68.6 Å². The van der Waals surface area contributed by atoms with Gasteiger partial charge in [0.15, 0.2) is 12.1 Å². The molecule has 1 unspecified atom stereocenters. The number of aromatic amines is 1. The highest BCUT2D eigenvalue weighted by Gasteiger charge is 2.33. The van der Waals surface area contributed by atoms with E-state index in [-0.39, 0.29) is 5.88 Å². The van der Waals surface area contributed by atoms with Crippen LogP contribution in [0.3, 0.4) is 0 Å². The summed E-state index contributed by atoms with van der Waals surface area (Å²) in [7, 11) is 0. The van der Waals surface area contributed by atoms with Gasteiger partial charge in [-0.05, 0) is 54.1 Å². The van der Waals surface area contributed by atoms with E-state index in [1.807, 2.05) is 84.9 Å². The van der Waals surface area contributed by atoms with Crippen molar-refractivity contribution in [2.24, 2.45) is 4.99 Å². The molecule has 1 atom stereocenters. The number of nitrogens with one attached hydrogen (secondary N) is 1. The van der Waals surface area contributed by atoms with Gasteiger partial charge in [0, 0.05) is 30.7 Å². The van der Waals surface area contributed by atoms with Crippen LogP contribution in [0, 0.1) is 0 Å². The summed E-state index contributed by atoms with van der Waals surface area (Å²) < 4.78 is 0. The van der Waals surface area contributed by atoms with Crippen LogP contribution in [0.15, 0.2) is 134 Å². The molecule has 0 aliphatic carbocycles. The Kier molecular flexibility index (Phi) is 6.15. The average molecular weight is 507 g/mol. The Labute approximate surface area is 217 Å². The summed E-state index contributed by atoms with van der Waals surface area (Å²) in [6.45, 7) is 0. The van der Waals surface area contributed by atoms with E-state index in [1.165, 1.54) is 9.79 Å². The number of benzene rings is 4. The fourth-order valence-electron chi connectivity index (χ4n) is 4.32. The van der Waals surface area contributed by atoms with E-state index in [4.69, 9.17) is 0 Å². The molecule has 0 spiro atoms. The summed E-state index contributed by atoms with van der Waals surface area (Å²) in [6.07, 6.45) is -1.04. The highest BCUT2D eigenvalue weighted by atomic mass is 32.2. The molecule has 5 aromatic rings. The van der Waals surface area contributed by atoms with Crippen LogP contribution in [0.5, 0.6) is 5.88 Å². The van der Waals surface area contributed by atoms with Crippen molar-refractivity contribution in [3.8, 4) is 17.1 Å². The van der Waals surface area contributed by atoms with Gasteiger partial charge in [0.25, 0.3) is 0 Å². The van der Waals surface area contributed by atoms with Crippen LogP contribution in [0.2, 0.25) is 0 Å². The second-order valence-electron chi connectivity index (χ2n) is 8.37. The van der Waals surface area contributed by atoms with Crippen molar-refractivity contribution < 1.29 is 10.2 Å². The zero-order valence-electron chi connectivity index (χ0n) is 19.1. The van der Waals surface area contributed by atoms with Gasteiger partial charge in [0.05, 0.1) is 17.0 Å². The molecule has 1 aromatic heterocycles. The van der Waals surface area contributed by atoms with E-state index in [0.717, 1.165) is 20.9 Å². The van der Waals surface area contributed by atoms with Gasteiger partial charge in [0.1, 0.15) is 0 Å². The number of hydrogen-bond acceptors (Lipinski definition) is 5. The normalized spacial score (nSPS) is 14.5. The van der Waals surface area contributed by atoms with Gasteiger partial charge < -0.3 is 15.2 Å². The third-order valence-corrected chi connectivity index (χ3v) is 8.03. The molecular formula is C30H22N2O2S2. The molecule has 3 N–H and O–H groups in total. The van der Waals surface area contributed by atoms with E-state index in [2.05, 4.69) is 34.2 Å². The van der Waals surface area contributed by atoms with E-state index in [1.54, 1.807) is 23.5 Å². The maximum Gasteiger partial charge on any atom is 0.198 e. The lowest BCUT2D eigenvalue weighted by Crippen LogP contribution is -1.99. The maximum atomic E-state index is 10.8. The summed E-state index contributed by atoms with van der Waals surface area (Å²) in [5, 5.41) is 21.6. The van der Waals surface area contributed by atoms with Gasteiger partial charge >= 0.3 is 0 Å². The molecule has 6 rings (SSSR count). The standard InChI is InChI=1S/C30H22N2O2S2/c33-29-25-26(28(32-29)20-13-17-24(18-14-20)36-22-9-5-2-6-10-22)30(34)31-27(25)19-11-15-23(16-12-19)35-21-7-3-1-4-8-21/h1-18,29,31,33-34H. The Hall–Kier alpha value is -3.71. The lowest BCUT2D eigenvalue weighted by atomic mass is 10.00. The van der Waals surface area contributed by atoms with Crippen molar-refractivity contribution in [2.45, 2.75) is 25.8 Å². The number of aliphatic imine (C=N–C) groups is 1. The van der Waals surface area contributed by atoms with Crippen molar-refractivity contribution in [2.75, 3.05) is 0 Å². The van der Waals surface area contributed by atoms with Crippen molar-refractivity contribution in [1.82, 2.24) is 4.98 Å². The Morgan fingerprint density at radius 2 is 1.08 bits per heavy atom. The lowest BCUT2D eigenvalue weighted by Gasteiger charge is -2.06. The van der Waals surface area contributed by atoms with Crippen molar-refractivity contribution >= 4 is 29.2 Å². The van der Waals surface area contributed by atoms with E-state index in [0.29, 0.717) is 22.5 Å². The number of H-pyrrole nitrogens is 1. The number of aliphatic hydroxyl groups excluding tert-OH is 1. The smallest absolute Gasteiger partial charge is 0.198 e. The van der Waals surface area contributed by atoms with Crippen LogP contribution in [0.25, 0.3) is 11.3 Å². The monoisotopic (exact) mass is 506 g/mol. The van der Waals surface area contributed by atoms with Crippen molar-refractivity contribution in [3.63, 3.8) is 0 Å². The first-order valence-corrected chi connectivity index (χ1v) is 13.2. The number of fused-ring (bicyclic) bond motifs is 1. The van der Waals surface area contributed by atoms with Gasteiger partial charge in [-0.15, -0.1) is 0 Å². The number of rotatable bonds is 6. The molecule has 4 aromatic carbocycles. The van der Waals surface area contributed by atoms with E-state index >= 15 is 0 Å². The molecular weight excluding hydrogens is 484 g/mol. The fourth-order valence-corrected chi connectivity index (χ4v) is 5.99. The number of aromatic nitrogens is 1. The van der Waals surface area contributed by atoms with Gasteiger partial charge in [-0.2, -0.15) is 0 Å². The molecule has 0 amide bonds. The predicted octanol–water partition coefficient (Wildman–Crippen LogP) is 7.53. The molecule has 0 saturated heterocycles. The van der Waals surface area contributed by atoms with Gasteiger partial charge in [-0.3, -0.25) is 0 Å². The molecule has 1 aliphatic heterocycles. The van der Waals surface area contributed by atoms with Gasteiger partial charge in [0.2, 0.25) is 0 Å². The molecule has 6 heteroatoms. The molecule has 176 valence electrons. The Bertz CT molecular complexity index is 1530. The van der Waals surface area contributed by atoms with E-state index in [9.17, 15) is 10.2 Å². The maximum absolute atomic E-state index is 10.8. The second-order valence-corrected chi connectivity index (χ2v) is 10.7. The third kappa shape index (κ3) is 4.46. The van der Waals surface area contributed by atoms with Crippen LogP contribution in [0.4, 0.5) is 0 Å². The highest BCUT2D eigenvalue weighted by Crippen LogP contribution is 2.43. The van der Waals surface area contributed by atoms with Crippen molar-refractivity contribution in [1.29, 1.82) is 0 Å². The number of aromatic hydroxyl groups is 1. The predicted molar refractivity (Wildman–Crippen MR) is 146 cm³/mol. The van der Waals surface area contributed by atoms with Gasteiger partial charge in [-0.25, -0.2) is 4.99 Å². The highest BCUT2D eigenvalue weighted by molar-refractivity contribution is 7.99. The average Bonchev–Trinajstić information content (AvgIpc) is 3.44. The Balaban J connectivity index is 1.26.